The van der Waals surface area contributed by atoms with Crippen LogP contribution in [0.5, 0.6) is 0 Å². The van der Waals surface area contributed by atoms with Gasteiger partial charge in [-0.3, -0.25) is 0 Å². The maximum absolute atomic E-state index is 5.75. The molecule has 1 saturated carbocycles. The zero-order valence-corrected chi connectivity index (χ0v) is 12.1. The van der Waals surface area contributed by atoms with Crippen LogP contribution in [0.25, 0.3) is 0 Å². The highest BCUT2D eigenvalue weighted by molar-refractivity contribution is 9.10. The normalized spacial score (nSPS) is 29.0. The number of nitrogen functional groups attached to an aromatic ring is 1. The first-order chi connectivity index (χ1) is 8.04. The topological polar surface area (TPSA) is 38.0 Å². The average molecular weight is 297 g/mol. The number of nitrogens with two attached hydrogens (primary N) is 1. The van der Waals surface area contributed by atoms with Gasteiger partial charge in [-0.1, -0.05) is 13.8 Å². The van der Waals surface area contributed by atoms with Gasteiger partial charge < -0.3 is 11.1 Å². The van der Waals surface area contributed by atoms with Crippen molar-refractivity contribution in [1.29, 1.82) is 0 Å². The zero-order chi connectivity index (χ0) is 12.4. The Morgan fingerprint density at radius 3 is 2.41 bits per heavy atom. The van der Waals surface area contributed by atoms with Crippen LogP contribution in [0.4, 0.5) is 11.4 Å². The Hall–Kier alpha value is -0.700. The number of nitrogens with one attached hydrogen (secondary N) is 1. The van der Waals surface area contributed by atoms with E-state index in [1.54, 1.807) is 0 Å². The summed E-state index contributed by atoms with van der Waals surface area (Å²) in [5.41, 5.74) is 7.70. The van der Waals surface area contributed by atoms with Crippen LogP contribution in [0.15, 0.2) is 22.7 Å². The van der Waals surface area contributed by atoms with Gasteiger partial charge in [-0.05, 0) is 65.2 Å². The summed E-state index contributed by atoms with van der Waals surface area (Å²) in [7, 11) is 0. The number of hydrogen-bond donors (Lipinski definition) is 2. The maximum Gasteiger partial charge on any atom is 0.0488 e. The molecule has 1 aromatic rings. The van der Waals surface area contributed by atoms with Crippen molar-refractivity contribution in [3.05, 3.63) is 22.7 Å². The SMILES string of the molecule is CC1CC(C)CC(Nc2ccc(N)cc2Br)C1. The van der Waals surface area contributed by atoms with Crippen molar-refractivity contribution in [2.24, 2.45) is 11.8 Å². The van der Waals surface area contributed by atoms with Gasteiger partial charge in [-0.25, -0.2) is 0 Å². The van der Waals surface area contributed by atoms with Crippen molar-refractivity contribution >= 4 is 27.3 Å². The van der Waals surface area contributed by atoms with E-state index < -0.39 is 0 Å². The first-order valence-corrected chi connectivity index (χ1v) is 7.15. The Labute approximate surface area is 112 Å². The number of benzene rings is 1. The summed E-state index contributed by atoms with van der Waals surface area (Å²) in [5.74, 6) is 1.65. The van der Waals surface area contributed by atoms with Crippen molar-refractivity contribution < 1.29 is 0 Å². The first kappa shape index (κ1) is 12.7. The van der Waals surface area contributed by atoms with Gasteiger partial charge in [0.25, 0.3) is 0 Å². The van der Waals surface area contributed by atoms with Crippen LogP contribution in [-0.2, 0) is 0 Å². The molecule has 0 spiro atoms. The molecule has 0 heterocycles. The van der Waals surface area contributed by atoms with Crippen LogP contribution in [-0.4, -0.2) is 6.04 Å². The monoisotopic (exact) mass is 296 g/mol. The maximum atomic E-state index is 5.75. The summed E-state index contributed by atoms with van der Waals surface area (Å²) in [5, 5.41) is 3.63. The number of rotatable bonds is 2. The lowest BCUT2D eigenvalue weighted by Crippen LogP contribution is -2.30. The van der Waals surface area contributed by atoms with Crippen molar-refractivity contribution in [3.63, 3.8) is 0 Å². The van der Waals surface area contributed by atoms with E-state index >= 15 is 0 Å². The highest BCUT2D eigenvalue weighted by Crippen LogP contribution is 2.32. The van der Waals surface area contributed by atoms with Gasteiger partial charge in [0, 0.05) is 21.9 Å². The Balaban J connectivity index is 2.04. The van der Waals surface area contributed by atoms with Crippen LogP contribution in [0.1, 0.15) is 33.1 Å². The second-order valence-corrected chi connectivity index (χ2v) is 6.35. The standard InChI is InChI=1S/C14H21BrN2/c1-9-5-10(2)7-12(6-9)17-14-4-3-11(16)8-13(14)15/h3-4,8-10,12,17H,5-7,16H2,1-2H3. The fourth-order valence-corrected chi connectivity index (χ4v) is 3.44. The predicted octanol–water partition coefficient (Wildman–Crippen LogP) is 4.27. The van der Waals surface area contributed by atoms with E-state index in [0.29, 0.717) is 6.04 Å². The van der Waals surface area contributed by atoms with E-state index in [1.165, 1.54) is 19.3 Å². The molecule has 0 aromatic heterocycles. The molecule has 2 unspecified atom stereocenters. The van der Waals surface area contributed by atoms with Gasteiger partial charge in [-0.2, -0.15) is 0 Å². The molecular formula is C14H21BrN2. The number of hydrogen-bond acceptors (Lipinski definition) is 2. The summed E-state index contributed by atoms with van der Waals surface area (Å²) in [6.45, 7) is 4.70. The van der Waals surface area contributed by atoms with E-state index in [-0.39, 0.29) is 0 Å². The molecule has 3 heteroatoms. The minimum Gasteiger partial charge on any atom is -0.399 e. The quantitative estimate of drug-likeness (QED) is 0.800. The molecule has 3 N–H and O–H groups in total. The molecule has 0 aliphatic heterocycles. The lowest BCUT2D eigenvalue weighted by Gasteiger charge is -2.32. The van der Waals surface area contributed by atoms with Crippen molar-refractivity contribution in [2.75, 3.05) is 11.1 Å². The molecular weight excluding hydrogens is 276 g/mol. The third-order valence-corrected chi connectivity index (χ3v) is 4.19. The molecule has 2 nitrogen and oxygen atoms in total. The Morgan fingerprint density at radius 2 is 1.82 bits per heavy atom. The van der Waals surface area contributed by atoms with Gasteiger partial charge >= 0.3 is 0 Å². The van der Waals surface area contributed by atoms with E-state index in [4.69, 9.17) is 5.73 Å². The van der Waals surface area contributed by atoms with Crippen molar-refractivity contribution in [3.8, 4) is 0 Å². The molecule has 0 radical (unpaired) electrons. The highest BCUT2D eigenvalue weighted by atomic mass is 79.9. The van der Waals surface area contributed by atoms with E-state index in [9.17, 15) is 0 Å². The molecule has 0 amide bonds. The van der Waals surface area contributed by atoms with Crippen LogP contribution in [0, 0.1) is 11.8 Å². The second kappa shape index (κ2) is 5.30. The smallest absolute Gasteiger partial charge is 0.0488 e. The Morgan fingerprint density at radius 1 is 1.18 bits per heavy atom. The minimum atomic E-state index is 0.591. The van der Waals surface area contributed by atoms with Gasteiger partial charge in [0.05, 0.1) is 0 Å². The van der Waals surface area contributed by atoms with Gasteiger partial charge in [-0.15, -0.1) is 0 Å². The lowest BCUT2D eigenvalue weighted by atomic mass is 9.80. The molecule has 94 valence electrons. The predicted molar refractivity (Wildman–Crippen MR) is 78.1 cm³/mol. The molecule has 1 fully saturated rings. The lowest BCUT2D eigenvalue weighted by molar-refractivity contribution is 0.281. The fourth-order valence-electron chi connectivity index (χ4n) is 2.93. The molecule has 0 bridgehead atoms. The zero-order valence-electron chi connectivity index (χ0n) is 10.5. The van der Waals surface area contributed by atoms with E-state index in [0.717, 1.165) is 27.7 Å². The fraction of sp³-hybridized carbons (Fsp3) is 0.571. The summed E-state index contributed by atoms with van der Waals surface area (Å²) in [6.07, 6.45) is 3.89. The summed E-state index contributed by atoms with van der Waals surface area (Å²) in [4.78, 5) is 0. The second-order valence-electron chi connectivity index (χ2n) is 5.50. The number of halogens is 1. The largest absolute Gasteiger partial charge is 0.399 e. The molecule has 2 rings (SSSR count). The molecule has 2 atom stereocenters. The van der Waals surface area contributed by atoms with E-state index in [2.05, 4.69) is 41.2 Å². The average Bonchev–Trinajstić information content (AvgIpc) is 2.21. The molecule has 1 aliphatic rings. The van der Waals surface area contributed by atoms with Crippen LogP contribution >= 0.6 is 15.9 Å². The Bertz CT molecular complexity index is 382. The van der Waals surface area contributed by atoms with Crippen LogP contribution < -0.4 is 11.1 Å². The van der Waals surface area contributed by atoms with E-state index in [1.807, 2.05) is 12.1 Å². The third kappa shape index (κ3) is 3.38. The summed E-state index contributed by atoms with van der Waals surface area (Å²) >= 11 is 3.56. The van der Waals surface area contributed by atoms with Crippen molar-refractivity contribution in [1.82, 2.24) is 0 Å². The minimum absolute atomic E-state index is 0.591. The molecule has 0 saturated heterocycles. The van der Waals surface area contributed by atoms with Gasteiger partial charge in [0.15, 0.2) is 0 Å². The van der Waals surface area contributed by atoms with Gasteiger partial charge in [0.1, 0.15) is 0 Å². The molecule has 1 aliphatic carbocycles. The molecule has 1 aromatic carbocycles. The van der Waals surface area contributed by atoms with Gasteiger partial charge in [0.2, 0.25) is 0 Å². The first-order valence-electron chi connectivity index (χ1n) is 6.36. The van der Waals surface area contributed by atoms with Crippen LogP contribution in [0.2, 0.25) is 0 Å². The third-order valence-electron chi connectivity index (χ3n) is 3.53. The highest BCUT2D eigenvalue weighted by Gasteiger charge is 2.23. The summed E-state index contributed by atoms with van der Waals surface area (Å²) in [6, 6.07) is 6.55. The summed E-state index contributed by atoms with van der Waals surface area (Å²) < 4.78 is 1.06. The number of anilines is 2. The van der Waals surface area contributed by atoms with Crippen molar-refractivity contribution in [2.45, 2.75) is 39.2 Å². The molecule has 17 heavy (non-hydrogen) atoms. The van der Waals surface area contributed by atoms with Crippen LogP contribution in [0.3, 0.4) is 0 Å². The Kier molecular flexibility index (Phi) is 3.97.